The second-order valence-corrected chi connectivity index (χ2v) is 8.62. The predicted molar refractivity (Wildman–Crippen MR) is 135 cm³/mol. The number of amides is 1. The molecule has 3 aromatic rings. The van der Waals surface area contributed by atoms with Crippen LogP contribution in [0, 0.1) is 11.3 Å². The number of nitriles is 1. The fraction of sp³-hybridized carbons (Fsp3) is 0.111. The second kappa shape index (κ2) is 10.0. The van der Waals surface area contributed by atoms with Crippen molar-refractivity contribution >= 4 is 34.8 Å². The van der Waals surface area contributed by atoms with E-state index >= 15 is 0 Å². The molecule has 34 heavy (non-hydrogen) atoms. The van der Waals surface area contributed by atoms with Crippen molar-refractivity contribution in [2.24, 2.45) is 0 Å². The summed E-state index contributed by atoms with van der Waals surface area (Å²) in [5.74, 6) is 0.121. The molecule has 1 aliphatic heterocycles. The molecule has 0 saturated carbocycles. The molecule has 0 aromatic heterocycles. The molecule has 1 amide bonds. The third-order valence-electron chi connectivity index (χ3n) is 5.51. The number of nitrogens with zero attached hydrogens (tertiary/aromatic N) is 1. The van der Waals surface area contributed by atoms with Gasteiger partial charge < -0.3 is 15.4 Å². The molecule has 0 fully saturated rings. The van der Waals surface area contributed by atoms with Gasteiger partial charge in [0.1, 0.15) is 5.75 Å². The maximum Gasteiger partial charge on any atom is 0.254 e. The van der Waals surface area contributed by atoms with Crippen LogP contribution < -0.4 is 15.4 Å². The number of dihydropyridines is 1. The zero-order valence-corrected chi connectivity index (χ0v) is 20.0. The highest BCUT2D eigenvalue weighted by atomic mass is 35.5. The molecule has 1 atom stereocenters. The van der Waals surface area contributed by atoms with Crippen LogP contribution in [0.4, 0.5) is 5.69 Å². The molecule has 1 aliphatic rings. The highest BCUT2D eigenvalue weighted by Gasteiger charge is 2.34. The van der Waals surface area contributed by atoms with Crippen LogP contribution in [0.1, 0.15) is 25.3 Å². The normalized spacial score (nSPS) is 15.4. The van der Waals surface area contributed by atoms with Crippen LogP contribution in [0.15, 0.2) is 95.3 Å². The first-order valence-electron chi connectivity index (χ1n) is 10.6. The molecule has 0 saturated heterocycles. The zero-order valence-electron chi connectivity index (χ0n) is 18.5. The highest BCUT2D eigenvalue weighted by Crippen LogP contribution is 2.42. The van der Waals surface area contributed by atoms with E-state index in [0.717, 1.165) is 0 Å². The molecule has 1 unspecified atom stereocenters. The first-order valence-corrected chi connectivity index (χ1v) is 11.3. The number of rotatable bonds is 5. The van der Waals surface area contributed by atoms with E-state index in [-0.39, 0.29) is 5.91 Å². The third kappa shape index (κ3) is 4.79. The van der Waals surface area contributed by atoms with Crippen LogP contribution in [-0.2, 0) is 4.79 Å². The van der Waals surface area contributed by atoms with E-state index in [9.17, 15) is 10.1 Å². The number of hydrogen-bond acceptors (Lipinski definition) is 4. The molecule has 2 N–H and O–H groups in total. The largest absolute Gasteiger partial charge is 0.455 e. The van der Waals surface area contributed by atoms with Gasteiger partial charge in [-0.05, 0) is 55.8 Å². The summed E-state index contributed by atoms with van der Waals surface area (Å²) in [6.07, 6.45) is 0. The fourth-order valence-electron chi connectivity index (χ4n) is 3.95. The number of hydrogen-bond donors (Lipinski definition) is 2. The van der Waals surface area contributed by atoms with Crippen molar-refractivity contribution in [1.82, 2.24) is 5.32 Å². The fourth-order valence-corrected chi connectivity index (χ4v) is 4.47. The lowest BCUT2D eigenvalue weighted by Gasteiger charge is -2.29. The van der Waals surface area contributed by atoms with E-state index in [1.165, 1.54) is 0 Å². The number of allylic oxidation sites excluding steroid dienone is 3. The number of benzene rings is 3. The van der Waals surface area contributed by atoms with Crippen LogP contribution in [-0.4, -0.2) is 5.91 Å². The Morgan fingerprint density at radius 1 is 1.00 bits per heavy atom. The molecule has 5 nitrogen and oxygen atoms in total. The van der Waals surface area contributed by atoms with E-state index in [2.05, 4.69) is 16.7 Å². The van der Waals surface area contributed by atoms with Crippen molar-refractivity contribution < 1.29 is 9.53 Å². The number of nitrogens with one attached hydrogen (secondary N) is 2. The summed E-state index contributed by atoms with van der Waals surface area (Å²) < 4.78 is 5.98. The smallest absolute Gasteiger partial charge is 0.254 e. The molecule has 3 aromatic carbocycles. The van der Waals surface area contributed by atoms with Crippen LogP contribution in [0.3, 0.4) is 0 Å². The van der Waals surface area contributed by atoms with Gasteiger partial charge in [0.15, 0.2) is 5.75 Å². The van der Waals surface area contributed by atoms with Crippen LogP contribution in [0.5, 0.6) is 11.5 Å². The van der Waals surface area contributed by atoms with Crippen molar-refractivity contribution in [2.75, 3.05) is 5.32 Å². The zero-order chi connectivity index (χ0) is 24.2. The van der Waals surface area contributed by atoms with Gasteiger partial charge in [-0.1, -0.05) is 59.6 Å². The maximum atomic E-state index is 13.6. The lowest BCUT2D eigenvalue weighted by molar-refractivity contribution is -0.113. The lowest BCUT2D eigenvalue weighted by atomic mass is 9.80. The Labute approximate surface area is 208 Å². The van der Waals surface area contributed by atoms with Crippen molar-refractivity contribution in [1.29, 1.82) is 5.26 Å². The quantitative estimate of drug-likeness (QED) is 0.397. The van der Waals surface area contributed by atoms with Gasteiger partial charge in [0.2, 0.25) is 0 Å². The first kappa shape index (κ1) is 23.4. The lowest BCUT2D eigenvalue weighted by Crippen LogP contribution is -2.30. The highest BCUT2D eigenvalue weighted by molar-refractivity contribution is 6.35. The SMILES string of the molecule is CC1=C(C#N)C(c2ccc(Cl)cc2Cl)C(C(=O)Nc2ccccc2Oc2ccccc2)=C(C)N1. The number of ether oxygens (including phenoxy) is 1. The summed E-state index contributed by atoms with van der Waals surface area (Å²) in [4.78, 5) is 13.6. The van der Waals surface area contributed by atoms with Crippen molar-refractivity contribution in [3.63, 3.8) is 0 Å². The molecule has 170 valence electrons. The number of anilines is 1. The molecule has 7 heteroatoms. The summed E-state index contributed by atoms with van der Waals surface area (Å²) in [7, 11) is 0. The van der Waals surface area contributed by atoms with Crippen LogP contribution in [0.2, 0.25) is 10.0 Å². The van der Waals surface area contributed by atoms with Gasteiger partial charge in [0, 0.05) is 27.0 Å². The van der Waals surface area contributed by atoms with E-state index in [1.54, 1.807) is 44.2 Å². The Kier molecular flexibility index (Phi) is 6.93. The minimum atomic E-state index is -0.654. The Balaban J connectivity index is 1.72. The van der Waals surface area contributed by atoms with Crippen LogP contribution in [0.25, 0.3) is 0 Å². The van der Waals surface area contributed by atoms with Gasteiger partial charge >= 0.3 is 0 Å². The number of halogens is 2. The second-order valence-electron chi connectivity index (χ2n) is 7.78. The Hall–Kier alpha value is -3.72. The van der Waals surface area contributed by atoms with E-state index in [0.29, 0.717) is 55.3 Å². The Morgan fingerprint density at radius 3 is 2.41 bits per heavy atom. The number of carbonyl (C=O) groups is 1. The standard InChI is InChI=1S/C27H21Cl2N3O2/c1-16-21(15-30)26(20-13-12-18(28)14-22(20)29)25(17(2)31-16)27(33)32-23-10-6-7-11-24(23)34-19-8-4-3-5-9-19/h3-14,26,31H,1-2H3,(H,32,33). The maximum absolute atomic E-state index is 13.6. The summed E-state index contributed by atoms with van der Waals surface area (Å²) >= 11 is 12.6. The summed E-state index contributed by atoms with van der Waals surface area (Å²) in [5.41, 5.74) is 3.23. The topological polar surface area (TPSA) is 74.2 Å². The molecule has 0 radical (unpaired) electrons. The third-order valence-corrected chi connectivity index (χ3v) is 6.07. The Morgan fingerprint density at radius 2 is 1.71 bits per heavy atom. The van der Waals surface area contributed by atoms with Crippen molar-refractivity contribution in [2.45, 2.75) is 19.8 Å². The minimum Gasteiger partial charge on any atom is -0.455 e. The average Bonchev–Trinajstić information content (AvgIpc) is 2.80. The molecular formula is C27H21Cl2N3O2. The molecule has 0 spiro atoms. The number of carbonyl (C=O) groups excluding carboxylic acids is 1. The molecule has 0 bridgehead atoms. The summed E-state index contributed by atoms with van der Waals surface area (Å²) in [5, 5.41) is 16.9. The van der Waals surface area contributed by atoms with E-state index in [4.69, 9.17) is 27.9 Å². The average molecular weight is 490 g/mol. The number of para-hydroxylation sites is 3. The first-order chi connectivity index (χ1) is 16.4. The van der Waals surface area contributed by atoms with Gasteiger partial charge in [-0.15, -0.1) is 0 Å². The van der Waals surface area contributed by atoms with E-state index in [1.807, 2.05) is 42.5 Å². The molecule has 0 aliphatic carbocycles. The molecular weight excluding hydrogens is 469 g/mol. The van der Waals surface area contributed by atoms with E-state index < -0.39 is 5.92 Å². The van der Waals surface area contributed by atoms with Gasteiger partial charge in [0.05, 0.1) is 23.2 Å². The molecule has 4 rings (SSSR count). The van der Waals surface area contributed by atoms with Gasteiger partial charge in [0.25, 0.3) is 5.91 Å². The van der Waals surface area contributed by atoms with Gasteiger partial charge in [-0.3, -0.25) is 4.79 Å². The van der Waals surface area contributed by atoms with Crippen molar-refractivity contribution in [3.05, 3.63) is 111 Å². The van der Waals surface area contributed by atoms with Gasteiger partial charge in [-0.25, -0.2) is 0 Å². The van der Waals surface area contributed by atoms with Crippen LogP contribution >= 0.6 is 23.2 Å². The minimum absolute atomic E-state index is 0.370. The van der Waals surface area contributed by atoms with Crippen molar-refractivity contribution in [3.8, 4) is 17.6 Å². The molecule has 1 heterocycles. The van der Waals surface area contributed by atoms with Gasteiger partial charge in [-0.2, -0.15) is 5.26 Å². The predicted octanol–water partition coefficient (Wildman–Crippen LogP) is 7.18. The summed E-state index contributed by atoms with van der Waals surface area (Å²) in [6, 6.07) is 23.8. The summed E-state index contributed by atoms with van der Waals surface area (Å²) in [6.45, 7) is 3.60. The Bertz CT molecular complexity index is 1360. The monoisotopic (exact) mass is 489 g/mol.